The number of alkyl halides is 3. The van der Waals surface area contributed by atoms with Gasteiger partial charge in [0.2, 0.25) is 0 Å². The molecular formula is C14H12F4N2. The zero-order chi connectivity index (χ0) is 14.8. The van der Waals surface area contributed by atoms with Crippen LogP contribution in [0.1, 0.15) is 11.1 Å². The third kappa shape index (κ3) is 3.40. The summed E-state index contributed by atoms with van der Waals surface area (Å²) in [5.41, 5.74) is 6.37. The van der Waals surface area contributed by atoms with Crippen LogP contribution in [0.2, 0.25) is 0 Å². The smallest absolute Gasteiger partial charge is 0.397 e. The van der Waals surface area contributed by atoms with Gasteiger partial charge in [-0.3, -0.25) is 0 Å². The molecule has 2 rings (SSSR count). The van der Waals surface area contributed by atoms with Gasteiger partial charge in [0.25, 0.3) is 0 Å². The van der Waals surface area contributed by atoms with Crippen molar-refractivity contribution in [3.8, 4) is 0 Å². The highest BCUT2D eigenvalue weighted by Gasteiger charge is 2.29. The standard InChI is InChI=1S/C14H12F4N2/c15-11-5-6-13(12(19)7-11)20-8-9-1-3-10(4-2-9)14(16,17)18/h1-7,20H,8,19H2. The van der Waals surface area contributed by atoms with E-state index < -0.39 is 17.6 Å². The molecule has 0 bridgehead atoms. The highest BCUT2D eigenvalue weighted by molar-refractivity contribution is 5.65. The number of hydrogen-bond donors (Lipinski definition) is 2. The van der Waals surface area contributed by atoms with Gasteiger partial charge in [-0.2, -0.15) is 13.2 Å². The Balaban J connectivity index is 2.04. The van der Waals surface area contributed by atoms with Gasteiger partial charge in [-0.05, 0) is 35.9 Å². The van der Waals surface area contributed by atoms with Crippen LogP contribution in [0.5, 0.6) is 0 Å². The molecule has 0 saturated heterocycles. The van der Waals surface area contributed by atoms with Crippen LogP contribution < -0.4 is 11.1 Å². The maximum Gasteiger partial charge on any atom is 0.416 e. The largest absolute Gasteiger partial charge is 0.416 e. The number of anilines is 2. The maximum absolute atomic E-state index is 12.9. The van der Waals surface area contributed by atoms with Crippen LogP contribution in [-0.4, -0.2) is 0 Å². The van der Waals surface area contributed by atoms with Gasteiger partial charge in [-0.15, -0.1) is 0 Å². The van der Waals surface area contributed by atoms with Crippen LogP contribution in [0.3, 0.4) is 0 Å². The Hall–Kier alpha value is -2.24. The van der Waals surface area contributed by atoms with Gasteiger partial charge < -0.3 is 11.1 Å². The minimum absolute atomic E-state index is 0.247. The Labute approximate surface area is 113 Å². The molecule has 6 heteroatoms. The van der Waals surface area contributed by atoms with E-state index in [9.17, 15) is 17.6 Å². The Morgan fingerprint density at radius 2 is 1.65 bits per heavy atom. The number of nitrogens with one attached hydrogen (secondary N) is 1. The number of benzene rings is 2. The van der Waals surface area contributed by atoms with Gasteiger partial charge in [0.05, 0.1) is 16.9 Å². The highest BCUT2D eigenvalue weighted by atomic mass is 19.4. The van der Waals surface area contributed by atoms with Gasteiger partial charge in [0.15, 0.2) is 0 Å². The lowest BCUT2D eigenvalue weighted by molar-refractivity contribution is -0.137. The fraction of sp³-hybridized carbons (Fsp3) is 0.143. The van der Waals surface area contributed by atoms with Gasteiger partial charge in [-0.25, -0.2) is 4.39 Å². The second-order valence-corrected chi connectivity index (χ2v) is 4.28. The third-order valence-electron chi connectivity index (χ3n) is 2.78. The molecule has 0 radical (unpaired) electrons. The maximum atomic E-state index is 12.9. The quantitative estimate of drug-likeness (QED) is 0.659. The second-order valence-electron chi connectivity index (χ2n) is 4.28. The van der Waals surface area contributed by atoms with E-state index in [1.807, 2.05) is 0 Å². The molecule has 0 unspecified atom stereocenters. The summed E-state index contributed by atoms with van der Waals surface area (Å²) in [4.78, 5) is 0. The lowest BCUT2D eigenvalue weighted by Gasteiger charge is -2.11. The monoisotopic (exact) mass is 284 g/mol. The van der Waals surface area contributed by atoms with E-state index in [2.05, 4.69) is 5.32 Å². The summed E-state index contributed by atoms with van der Waals surface area (Å²) in [6.07, 6.45) is -4.34. The molecule has 3 N–H and O–H groups in total. The Morgan fingerprint density at radius 3 is 2.20 bits per heavy atom. The van der Waals surface area contributed by atoms with Crippen molar-refractivity contribution in [1.82, 2.24) is 0 Å². The molecule has 0 aromatic heterocycles. The second kappa shape index (κ2) is 5.40. The Morgan fingerprint density at radius 1 is 1.00 bits per heavy atom. The van der Waals surface area contributed by atoms with Crippen molar-refractivity contribution in [3.63, 3.8) is 0 Å². The SMILES string of the molecule is Nc1cc(F)ccc1NCc1ccc(C(F)(F)F)cc1. The van der Waals surface area contributed by atoms with E-state index in [1.54, 1.807) is 0 Å². The first-order chi connectivity index (χ1) is 9.36. The molecular weight excluding hydrogens is 272 g/mol. The van der Waals surface area contributed by atoms with Crippen molar-refractivity contribution in [1.29, 1.82) is 0 Å². The number of nitrogens with two attached hydrogens (primary N) is 1. The number of rotatable bonds is 3. The molecule has 0 saturated carbocycles. The fourth-order valence-electron chi connectivity index (χ4n) is 1.70. The lowest BCUT2D eigenvalue weighted by atomic mass is 10.1. The predicted octanol–water partition coefficient (Wildman–Crippen LogP) is 4.04. The van der Waals surface area contributed by atoms with E-state index in [1.165, 1.54) is 30.3 Å². The van der Waals surface area contributed by atoms with E-state index in [0.29, 0.717) is 17.8 Å². The first-order valence-corrected chi connectivity index (χ1v) is 5.81. The molecule has 106 valence electrons. The van der Waals surface area contributed by atoms with E-state index in [4.69, 9.17) is 5.73 Å². The van der Waals surface area contributed by atoms with Gasteiger partial charge in [0, 0.05) is 6.54 Å². The topological polar surface area (TPSA) is 38.0 Å². The van der Waals surface area contributed by atoms with Crippen LogP contribution >= 0.6 is 0 Å². The molecule has 0 spiro atoms. The van der Waals surface area contributed by atoms with Crippen molar-refractivity contribution < 1.29 is 17.6 Å². The fourth-order valence-corrected chi connectivity index (χ4v) is 1.70. The molecule has 0 aliphatic carbocycles. The third-order valence-corrected chi connectivity index (χ3v) is 2.78. The van der Waals surface area contributed by atoms with Gasteiger partial charge in [0.1, 0.15) is 5.82 Å². The van der Waals surface area contributed by atoms with Gasteiger partial charge in [-0.1, -0.05) is 12.1 Å². The van der Waals surface area contributed by atoms with Crippen molar-refractivity contribution >= 4 is 11.4 Å². The lowest BCUT2D eigenvalue weighted by Crippen LogP contribution is -2.06. The first-order valence-electron chi connectivity index (χ1n) is 5.81. The summed E-state index contributed by atoms with van der Waals surface area (Å²) in [6, 6.07) is 8.72. The van der Waals surface area contributed by atoms with Crippen LogP contribution in [0, 0.1) is 5.82 Å². The first kappa shape index (κ1) is 14.2. The number of hydrogen-bond acceptors (Lipinski definition) is 2. The predicted molar refractivity (Wildman–Crippen MR) is 69.6 cm³/mol. The van der Waals surface area contributed by atoms with E-state index >= 15 is 0 Å². The van der Waals surface area contributed by atoms with Crippen molar-refractivity contribution in [2.24, 2.45) is 0 Å². The zero-order valence-electron chi connectivity index (χ0n) is 10.3. The molecule has 0 fully saturated rings. The summed E-state index contributed by atoms with van der Waals surface area (Å²) < 4.78 is 50.0. The minimum Gasteiger partial charge on any atom is -0.397 e. The number of nitrogen functional groups attached to an aromatic ring is 1. The molecule has 0 aliphatic heterocycles. The summed E-state index contributed by atoms with van der Waals surface area (Å²) in [6.45, 7) is 0.300. The highest BCUT2D eigenvalue weighted by Crippen LogP contribution is 2.29. The Bertz CT molecular complexity index is 591. The van der Waals surface area contributed by atoms with E-state index in [0.717, 1.165) is 12.1 Å². The van der Waals surface area contributed by atoms with Crippen molar-refractivity contribution in [3.05, 3.63) is 59.4 Å². The molecule has 0 aliphatic rings. The summed E-state index contributed by atoms with van der Waals surface area (Å²) in [7, 11) is 0. The van der Waals surface area contributed by atoms with Crippen LogP contribution in [0.25, 0.3) is 0 Å². The normalized spacial score (nSPS) is 11.4. The van der Waals surface area contributed by atoms with Crippen molar-refractivity contribution in [2.45, 2.75) is 12.7 Å². The molecule has 2 nitrogen and oxygen atoms in total. The molecule has 20 heavy (non-hydrogen) atoms. The molecule has 2 aromatic rings. The average Bonchev–Trinajstić information content (AvgIpc) is 2.37. The zero-order valence-corrected chi connectivity index (χ0v) is 10.3. The minimum atomic E-state index is -4.34. The van der Waals surface area contributed by atoms with E-state index in [-0.39, 0.29) is 5.69 Å². The number of halogens is 4. The summed E-state index contributed by atoms with van der Waals surface area (Å²) in [5.74, 6) is -0.442. The average molecular weight is 284 g/mol. The van der Waals surface area contributed by atoms with Crippen LogP contribution in [0.4, 0.5) is 28.9 Å². The summed E-state index contributed by atoms with van der Waals surface area (Å²) >= 11 is 0. The van der Waals surface area contributed by atoms with Crippen molar-refractivity contribution in [2.75, 3.05) is 11.1 Å². The molecule has 2 aromatic carbocycles. The Kier molecular flexibility index (Phi) is 3.83. The van der Waals surface area contributed by atoms with Crippen LogP contribution in [0.15, 0.2) is 42.5 Å². The van der Waals surface area contributed by atoms with Gasteiger partial charge >= 0.3 is 6.18 Å². The molecule has 0 amide bonds. The molecule has 0 heterocycles. The summed E-state index contributed by atoms with van der Waals surface area (Å²) in [5, 5.41) is 2.94. The molecule has 0 atom stereocenters. The van der Waals surface area contributed by atoms with Crippen LogP contribution in [-0.2, 0) is 12.7 Å².